The van der Waals surface area contributed by atoms with Gasteiger partial charge in [0, 0.05) is 48.9 Å². The van der Waals surface area contributed by atoms with Gasteiger partial charge in [0.15, 0.2) is 0 Å². The van der Waals surface area contributed by atoms with Gasteiger partial charge in [-0.05, 0) is 126 Å². The van der Waals surface area contributed by atoms with Crippen molar-refractivity contribution in [3.8, 4) is 0 Å². The predicted octanol–water partition coefficient (Wildman–Crippen LogP) is 13.3. The zero-order chi connectivity index (χ0) is 39.7. The average molecular weight is 751 g/mol. The van der Waals surface area contributed by atoms with Gasteiger partial charge in [-0.1, -0.05) is 138 Å². The highest BCUT2D eigenvalue weighted by Crippen LogP contribution is 2.47. The molecule has 2 aliphatic heterocycles. The third-order valence-corrected chi connectivity index (χ3v) is 13.5. The molecule has 0 radical (unpaired) electrons. The molecule has 0 amide bonds. The van der Waals surface area contributed by atoms with Crippen molar-refractivity contribution in [1.29, 1.82) is 0 Å². The number of thiophene rings is 1. The number of nitrogens with zero attached hydrogens (tertiary/aromatic N) is 2. The molecule has 0 spiro atoms. The Bertz CT molecular complexity index is 2660. The Kier molecular flexibility index (Phi) is 8.12. The van der Waals surface area contributed by atoms with E-state index < -0.39 is 0 Å². The van der Waals surface area contributed by atoms with E-state index in [1.54, 1.807) is 0 Å². The van der Waals surface area contributed by atoms with Crippen LogP contribution in [-0.4, -0.2) is 6.71 Å². The van der Waals surface area contributed by atoms with E-state index in [2.05, 4.69) is 208 Å². The molecular formula is C52H55BN2S. The molecule has 0 fully saturated rings. The van der Waals surface area contributed by atoms with Crippen molar-refractivity contribution in [3.05, 3.63) is 138 Å². The molecule has 9 rings (SSSR count). The van der Waals surface area contributed by atoms with Crippen molar-refractivity contribution >= 4 is 88.7 Å². The number of fused-ring (bicyclic) bond motifs is 8. The average Bonchev–Trinajstić information content (AvgIpc) is 3.51. The summed E-state index contributed by atoms with van der Waals surface area (Å²) < 4.78 is 2.74. The van der Waals surface area contributed by atoms with Crippen LogP contribution in [0.4, 0.5) is 34.1 Å². The topological polar surface area (TPSA) is 6.48 Å². The van der Waals surface area contributed by atoms with Crippen LogP contribution in [0, 0.1) is 0 Å². The Morgan fingerprint density at radius 3 is 1.39 bits per heavy atom. The number of hydrogen-bond donors (Lipinski definition) is 0. The van der Waals surface area contributed by atoms with Crippen molar-refractivity contribution in [1.82, 2.24) is 0 Å². The molecule has 56 heavy (non-hydrogen) atoms. The van der Waals surface area contributed by atoms with E-state index in [0.29, 0.717) is 0 Å². The van der Waals surface area contributed by atoms with Crippen molar-refractivity contribution in [2.75, 3.05) is 9.80 Å². The number of benzene rings is 6. The molecule has 0 N–H and O–H groups in total. The van der Waals surface area contributed by atoms with Gasteiger partial charge >= 0.3 is 0 Å². The first-order valence-electron chi connectivity index (χ1n) is 20.4. The normalized spacial score (nSPS) is 14.3. The van der Waals surface area contributed by atoms with Crippen LogP contribution in [-0.2, 0) is 21.7 Å². The smallest absolute Gasteiger partial charge is 0.254 e. The summed E-state index contributed by atoms with van der Waals surface area (Å²) in [6.45, 7) is 27.8. The van der Waals surface area contributed by atoms with Crippen molar-refractivity contribution in [2.24, 2.45) is 0 Å². The summed E-state index contributed by atoms with van der Waals surface area (Å²) in [6.07, 6.45) is 0. The van der Waals surface area contributed by atoms with Gasteiger partial charge in [0.1, 0.15) is 0 Å². The molecule has 0 saturated heterocycles. The zero-order valence-electron chi connectivity index (χ0n) is 35.3. The SMILES string of the molecule is CC(C)(C)c1ccc(N2c3ccc(C(C)(C)C)cc3B3c4c2cccc4N(c2ccc(C(C)(C)C)cc2)c2ccc4c(sc5ccc(C(C)(C)C)cc54)c23)cc1. The number of rotatable bonds is 2. The minimum Gasteiger partial charge on any atom is -0.311 e. The van der Waals surface area contributed by atoms with E-state index in [1.165, 1.54) is 92.9 Å². The molecule has 2 aliphatic rings. The van der Waals surface area contributed by atoms with Gasteiger partial charge in [-0.15, -0.1) is 11.3 Å². The fourth-order valence-corrected chi connectivity index (χ4v) is 10.2. The molecule has 0 aliphatic carbocycles. The largest absolute Gasteiger partial charge is 0.311 e. The van der Waals surface area contributed by atoms with E-state index in [0.717, 1.165) is 0 Å². The maximum absolute atomic E-state index is 2.56. The lowest BCUT2D eigenvalue weighted by atomic mass is 9.33. The second-order valence-corrected chi connectivity index (χ2v) is 21.4. The van der Waals surface area contributed by atoms with E-state index in [9.17, 15) is 0 Å². The van der Waals surface area contributed by atoms with E-state index in [-0.39, 0.29) is 28.4 Å². The standard InChI is InChI=1S/C52H55BN2S/c1-49(2,3)32-16-22-36(23-17-32)54-41-27-20-35(52(10,11)12)31-40(41)53-46-42(54)14-13-15-43(46)55(37-24-18-33(19-25-37)50(4,5)6)44-28-26-38-39-30-34(51(7,8)9)21-29-45(39)56-48(38)47(44)53/h13-31H,1-12H3. The molecule has 4 heteroatoms. The molecule has 7 aromatic rings. The summed E-state index contributed by atoms with van der Waals surface area (Å²) >= 11 is 1.97. The van der Waals surface area contributed by atoms with E-state index in [1.807, 2.05) is 11.3 Å². The Balaban J connectivity index is 1.38. The Hall–Kier alpha value is -4.80. The maximum atomic E-state index is 2.56. The Morgan fingerprint density at radius 2 is 0.857 bits per heavy atom. The predicted molar refractivity (Wildman–Crippen MR) is 248 cm³/mol. The van der Waals surface area contributed by atoms with Crippen LogP contribution in [0.2, 0.25) is 0 Å². The minimum atomic E-state index is -0.000672. The van der Waals surface area contributed by atoms with Crippen molar-refractivity contribution in [3.63, 3.8) is 0 Å². The second-order valence-electron chi connectivity index (χ2n) is 20.4. The monoisotopic (exact) mass is 750 g/mol. The van der Waals surface area contributed by atoms with Crippen LogP contribution < -0.4 is 26.2 Å². The van der Waals surface area contributed by atoms with Crippen LogP contribution in [0.3, 0.4) is 0 Å². The van der Waals surface area contributed by atoms with Crippen LogP contribution in [0.1, 0.15) is 105 Å². The fourth-order valence-electron chi connectivity index (χ4n) is 8.97. The summed E-state index contributed by atoms with van der Waals surface area (Å²) in [7, 11) is 0. The van der Waals surface area contributed by atoms with E-state index in [4.69, 9.17) is 0 Å². The van der Waals surface area contributed by atoms with E-state index >= 15 is 0 Å². The molecule has 0 bridgehead atoms. The number of hydrogen-bond acceptors (Lipinski definition) is 3. The van der Waals surface area contributed by atoms with Gasteiger partial charge in [-0.2, -0.15) is 0 Å². The molecule has 0 atom stereocenters. The molecule has 1 aromatic heterocycles. The van der Waals surface area contributed by atoms with Crippen molar-refractivity contribution in [2.45, 2.75) is 105 Å². The highest BCUT2D eigenvalue weighted by atomic mass is 32.1. The third kappa shape index (κ3) is 5.82. The molecule has 282 valence electrons. The lowest BCUT2D eigenvalue weighted by molar-refractivity contribution is 0.590. The van der Waals surface area contributed by atoms with Gasteiger partial charge in [0.05, 0.1) is 0 Å². The molecule has 0 unspecified atom stereocenters. The third-order valence-electron chi connectivity index (χ3n) is 12.3. The maximum Gasteiger partial charge on any atom is 0.254 e. The van der Waals surface area contributed by atoms with Crippen LogP contribution in [0.25, 0.3) is 20.2 Å². The first kappa shape index (κ1) is 36.8. The summed E-state index contributed by atoms with van der Waals surface area (Å²) in [4.78, 5) is 5.09. The molecular weight excluding hydrogens is 695 g/mol. The highest BCUT2D eigenvalue weighted by molar-refractivity contribution is 7.28. The first-order chi connectivity index (χ1) is 26.3. The number of anilines is 6. The Labute approximate surface area is 339 Å². The molecule has 0 saturated carbocycles. The van der Waals surface area contributed by atoms with Gasteiger partial charge < -0.3 is 9.80 Å². The van der Waals surface area contributed by atoms with Crippen molar-refractivity contribution < 1.29 is 0 Å². The van der Waals surface area contributed by atoms with Crippen LogP contribution in [0.5, 0.6) is 0 Å². The second kappa shape index (κ2) is 12.4. The molecule has 6 aromatic carbocycles. The summed E-state index contributed by atoms with van der Waals surface area (Å²) in [6, 6.07) is 44.9. The van der Waals surface area contributed by atoms with Gasteiger partial charge in [0.2, 0.25) is 0 Å². The zero-order valence-corrected chi connectivity index (χ0v) is 36.2. The first-order valence-corrected chi connectivity index (χ1v) is 21.2. The van der Waals surface area contributed by atoms with Crippen LogP contribution in [0.15, 0.2) is 115 Å². The summed E-state index contributed by atoms with van der Waals surface area (Å²) in [5.41, 5.74) is 17.2. The summed E-state index contributed by atoms with van der Waals surface area (Å²) in [5.74, 6) is 0. The highest BCUT2D eigenvalue weighted by Gasteiger charge is 2.45. The fraction of sp³-hybridized carbons (Fsp3) is 0.308. The minimum absolute atomic E-state index is 0.000672. The van der Waals surface area contributed by atoms with Gasteiger partial charge in [0.25, 0.3) is 6.71 Å². The lowest BCUT2D eigenvalue weighted by Crippen LogP contribution is -2.61. The van der Waals surface area contributed by atoms with Gasteiger partial charge in [-0.3, -0.25) is 0 Å². The van der Waals surface area contributed by atoms with Crippen LogP contribution >= 0.6 is 11.3 Å². The molecule has 3 heterocycles. The Morgan fingerprint density at radius 1 is 0.411 bits per heavy atom. The molecule has 2 nitrogen and oxygen atoms in total. The lowest BCUT2D eigenvalue weighted by Gasteiger charge is -2.44. The van der Waals surface area contributed by atoms with Gasteiger partial charge in [-0.25, -0.2) is 0 Å². The quantitative estimate of drug-likeness (QED) is 0.162. The summed E-state index contributed by atoms with van der Waals surface area (Å²) in [5, 5.41) is 2.72.